The molecular weight excluding hydrogens is 390 g/mol. The number of phenols is 1. The second-order valence-electron chi connectivity index (χ2n) is 7.27. The van der Waals surface area contributed by atoms with Crippen LogP contribution in [0.1, 0.15) is 41.6 Å². The molecular formula is C22H20ClN3O3. The molecule has 0 aromatic heterocycles. The van der Waals surface area contributed by atoms with Crippen LogP contribution in [-0.4, -0.2) is 23.0 Å². The summed E-state index contributed by atoms with van der Waals surface area (Å²) >= 11 is 5.93. The van der Waals surface area contributed by atoms with E-state index in [2.05, 4.69) is 15.5 Å². The summed E-state index contributed by atoms with van der Waals surface area (Å²) in [4.78, 5) is 24.5. The number of hydrogen-bond donors (Lipinski definition) is 2. The maximum atomic E-state index is 12.5. The predicted octanol–water partition coefficient (Wildman–Crippen LogP) is 5.07. The lowest BCUT2D eigenvalue weighted by atomic mass is 9.84. The number of aromatic hydroxyl groups is 1. The first kappa shape index (κ1) is 19.3. The molecule has 2 amide bonds. The van der Waals surface area contributed by atoms with Gasteiger partial charge in [0.05, 0.1) is 11.6 Å². The first-order valence-electron chi connectivity index (χ1n) is 9.57. The SMILES string of the molecule is O=C1N=NC(Cc2cccc(NC(=O)c3cc(Cl)ccc3O)c2)C2=C1CCCC2. The summed E-state index contributed by atoms with van der Waals surface area (Å²) < 4.78 is 0. The minimum atomic E-state index is -0.442. The largest absolute Gasteiger partial charge is 0.507 e. The van der Waals surface area contributed by atoms with E-state index in [0.717, 1.165) is 42.4 Å². The molecule has 1 aliphatic carbocycles. The van der Waals surface area contributed by atoms with Crippen molar-refractivity contribution in [2.45, 2.75) is 38.1 Å². The van der Waals surface area contributed by atoms with E-state index in [0.29, 0.717) is 17.1 Å². The fourth-order valence-corrected chi connectivity index (χ4v) is 4.02. The van der Waals surface area contributed by atoms with Gasteiger partial charge >= 0.3 is 0 Å². The predicted molar refractivity (Wildman–Crippen MR) is 110 cm³/mol. The normalized spacial score (nSPS) is 18.5. The average Bonchev–Trinajstić information content (AvgIpc) is 2.72. The Labute approximate surface area is 173 Å². The fraction of sp³-hybridized carbons (Fsp3) is 0.273. The van der Waals surface area contributed by atoms with Crippen LogP contribution in [0.2, 0.25) is 5.02 Å². The second-order valence-corrected chi connectivity index (χ2v) is 7.70. The molecule has 0 fully saturated rings. The van der Waals surface area contributed by atoms with Crippen LogP contribution < -0.4 is 5.32 Å². The van der Waals surface area contributed by atoms with Gasteiger partial charge in [0.25, 0.3) is 11.8 Å². The van der Waals surface area contributed by atoms with Gasteiger partial charge in [-0.05, 0) is 67.2 Å². The number of amides is 2. The first-order valence-corrected chi connectivity index (χ1v) is 9.95. The van der Waals surface area contributed by atoms with Gasteiger partial charge in [0.15, 0.2) is 0 Å². The summed E-state index contributed by atoms with van der Waals surface area (Å²) in [5, 5.41) is 21.1. The van der Waals surface area contributed by atoms with E-state index in [-0.39, 0.29) is 23.3 Å². The number of rotatable bonds is 4. The lowest BCUT2D eigenvalue weighted by Gasteiger charge is -2.25. The standard InChI is InChI=1S/C22H20ClN3O3/c23-14-8-9-20(27)18(12-14)21(28)24-15-5-3-4-13(10-15)11-19-16-6-1-2-7-17(16)22(29)26-25-19/h3-5,8-10,12,19,27H,1-2,6-7,11H2,(H,24,28). The maximum absolute atomic E-state index is 12.5. The van der Waals surface area contributed by atoms with Gasteiger partial charge < -0.3 is 10.4 Å². The number of anilines is 1. The number of nitrogens with one attached hydrogen (secondary N) is 1. The Hall–Kier alpha value is -2.99. The Bertz CT molecular complexity index is 1050. The minimum Gasteiger partial charge on any atom is -0.507 e. The average molecular weight is 410 g/mol. The molecule has 6 nitrogen and oxygen atoms in total. The van der Waals surface area contributed by atoms with Gasteiger partial charge in [-0.15, -0.1) is 5.11 Å². The molecule has 0 saturated heterocycles. The van der Waals surface area contributed by atoms with Crippen molar-refractivity contribution in [2.24, 2.45) is 10.2 Å². The first-order chi connectivity index (χ1) is 14.0. The van der Waals surface area contributed by atoms with Crippen molar-refractivity contribution in [3.63, 3.8) is 0 Å². The van der Waals surface area contributed by atoms with Crippen molar-refractivity contribution in [1.82, 2.24) is 0 Å². The zero-order chi connectivity index (χ0) is 20.4. The monoisotopic (exact) mass is 409 g/mol. The molecule has 7 heteroatoms. The third-order valence-corrected chi connectivity index (χ3v) is 5.51. The third-order valence-electron chi connectivity index (χ3n) is 5.28. The molecule has 2 aromatic rings. The molecule has 1 aliphatic heterocycles. The number of nitrogens with zero attached hydrogens (tertiary/aromatic N) is 2. The third kappa shape index (κ3) is 4.22. The number of benzene rings is 2. The van der Waals surface area contributed by atoms with E-state index >= 15 is 0 Å². The van der Waals surface area contributed by atoms with Crippen molar-refractivity contribution in [3.8, 4) is 5.75 Å². The molecule has 2 N–H and O–H groups in total. The molecule has 2 aliphatic rings. The number of halogens is 1. The molecule has 1 atom stereocenters. The van der Waals surface area contributed by atoms with E-state index in [1.165, 1.54) is 18.2 Å². The summed E-state index contributed by atoms with van der Waals surface area (Å²) in [5.74, 6) is -0.771. The Morgan fingerprint density at radius 1 is 1.17 bits per heavy atom. The highest BCUT2D eigenvalue weighted by molar-refractivity contribution is 6.31. The van der Waals surface area contributed by atoms with Crippen LogP contribution in [0.5, 0.6) is 5.75 Å². The van der Waals surface area contributed by atoms with Crippen LogP contribution in [-0.2, 0) is 11.2 Å². The van der Waals surface area contributed by atoms with Crippen molar-refractivity contribution >= 4 is 29.1 Å². The minimum absolute atomic E-state index is 0.111. The van der Waals surface area contributed by atoms with Gasteiger partial charge in [0, 0.05) is 22.7 Å². The van der Waals surface area contributed by atoms with Crippen molar-refractivity contribution in [2.75, 3.05) is 5.32 Å². The van der Waals surface area contributed by atoms with E-state index < -0.39 is 5.91 Å². The molecule has 1 unspecified atom stereocenters. The van der Waals surface area contributed by atoms with E-state index in [1.807, 2.05) is 18.2 Å². The molecule has 0 bridgehead atoms. The van der Waals surface area contributed by atoms with Crippen LogP contribution in [0.15, 0.2) is 63.8 Å². The molecule has 2 aromatic carbocycles. The highest BCUT2D eigenvalue weighted by atomic mass is 35.5. The van der Waals surface area contributed by atoms with Crippen molar-refractivity contribution in [1.29, 1.82) is 0 Å². The molecule has 0 spiro atoms. The highest BCUT2D eigenvalue weighted by Gasteiger charge is 2.28. The Morgan fingerprint density at radius 3 is 2.86 bits per heavy atom. The van der Waals surface area contributed by atoms with Crippen LogP contribution in [0, 0.1) is 0 Å². The van der Waals surface area contributed by atoms with Crippen LogP contribution in [0.4, 0.5) is 5.69 Å². The zero-order valence-electron chi connectivity index (χ0n) is 15.7. The van der Waals surface area contributed by atoms with Crippen molar-refractivity contribution in [3.05, 3.63) is 69.8 Å². The smallest absolute Gasteiger partial charge is 0.291 e. The van der Waals surface area contributed by atoms with Crippen LogP contribution in [0.3, 0.4) is 0 Å². The molecule has 4 rings (SSSR count). The van der Waals surface area contributed by atoms with Gasteiger partial charge in [-0.2, -0.15) is 5.11 Å². The number of phenolic OH excluding ortho intramolecular Hbond substituents is 1. The molecule has 29 heavy (non-hydrogen) atoms. The highest BCUT2D eigenvalue weighted by Crippen LogP contribution is 2.34. The number of hydrogen-bond acceptors (Lipinski definition) is 4. The molecule has 148 valence electrons. The van der Waals surface area contributed by atoms with Crippen LogP contribution in [0.25, 0.3) is 0 Å². The van der Waals surface area contributed by atoms with E-state index in [9.17, 15) is 14.7 Å². The topological polar surface area (TPSA) is 91.1 Å². The van der Waals surface area contributed by atoms with Crippen molar-refractivity contribution < 1.29 is 14.7 Å². The summed E-state index contributed by atoms with van der Waals surface area (Å²) in [6.45, 7) is 0. The summed E-state index contributed by atoms with van der Waals surface area (Å²) in [6.07, 6.45) is 4.36. The summed E-state index contributed by atoms with van der Waals surface area (Å²) in [5.41, 5.74) is 3.63. The Morgan fingerprint density at radius 2 is 2.00 bits per heavy atom. The number of azo groups is 1. The fourth-order valence-electron chi connectivity index (χ4n) is 3.84. The van der Waals surface area contributed by atoms with Gasteiger partial charge in [-0.1, -0.05) is 23.7 Å². The molecule has 0 radical (unpaired) electrons. The summed E-state index contributed by atoms with van der Waals surface area (Å²) in [7, 11) is 0. The zero-order valence-corrected chi connectivity index (χ0v) is 16.4. The van der Waals surface area contributed by atoms with Gasteiger partial charge in [-0.3, -0.25) is 9.59 Å². The van der Waals surface area contributed by atoms with E-state index in [1.54, 1.807) is 6.07 Å². The van der Waals surface area contributed by atoms with Gasteiger partial charge in [-0.25, -0.2) is 0 Å². The number of carbonyl (C=O) groups is 2. The lowest BCUT2D eigenvalue weighted by molar-refractivity contribution is -0.115. The quantitative estimate of drug-likeness (QED) is 0.738. The maximum Gasteiger partial charge on any atom is 0.291 e. The van der Waals surface area contributed by atoms with E-state index in [4.69, 9.17) is 11.6 Å². The van der Waals surface area contributed by atoms with Crippen LogP contribution >= 0.6 is 11.6 Å². The number of carbonyl (C=O) groups excluding carboxylic acids is 2. The van der Waals surface area contributed by atoms with Gasteiger partial charge in [0.2, 0.25) is 0 Å². The Balaban J connectivity index is 1.51. The lowest BCUT2D eigenvalue weighted by Crippen LogP contribution is -2.23. The van der Waals surface area contributed by atoms with Gasteiger partial charge in [0.1, 0.15) is 5.75 Å². The Kier molecular flexibility index (Phi) is 5.45. The molecule has 1 heterocycles. The summed E-state index contributed by atoms with van der Waals surface area (Å²) in [6, 6.07) is 11.7. The molecule has 0 saturated carbocycles. The second kappa shape index (κ2) is 8.17.